The lowest BCUT2D eigenvalue weighted by molar-refractivity contribution is -0.148. The van der Waals surface area contributed by atoms with Crippen molar-refractivity contribution in [3.05, 3.63) is 0 Å². The second-order valence-corrected chi connectivity index (χ2v) is 3.79. The molecule has 1 amide bonds. The van der Waals surface area contributed by atoms with E-state index in [1.807, 2.05) is 0 Å². The first kappa shape index (κ1) is 11.7. The van der Waals surface area contributed by atoms with Crippen molar-refractivity contribution in [1.82, 2.24) is 4.90 Å². The van der Waals surface area contributed by atoms with Crippen LogP contribution in [0.3, 0.4) is 0 Å². The van der Waals surface area contributed by atoms with Crippen molar-refractivity contribution in [2.24, 2.45) is 0 Å². The Labute approximate surface area is 88.1 Å². The van der Waals surface area contributed by atoms with Gasteiger partial charge < -0.3 is 14.8 Å². The monoisotopic (exact) mass is 213 g/mol. The van der Waals surface area contributed by atoms with Crippen LogP contribution in [0.5, 0.6) is 0 Å². The smallest absolute Gasteiger partial charge is 0.326 e. The number of hydrogen-bond acceptors (Lipinski definition) is 3. The number of carboxylic acid groups (broad SMARTS) is 1. The summed E-state index contributed by atoms with van der Waals surface area (Å²) in [6, 6.07) is -0.690. The molecule has 0 aromatic heterocycles. The van der Waals surface area contributed by atoms with Gasteiger partial charge in [0.25, 0.3) is 0 Å². The lowest BCUT2D eigenvalue weighted by Gasteiger charge is -2.20. The summed E-state index contributed by atoms with van der Waals surface area (Å²) in [4.78, 5) is 34.4. The van der Waals surface area contributed by atoms with E-state index in [1.165, 1.54) is 11.8 Å². The molecule has 1 rings (SSSR count). The van der Waals surface area contributed by atoms with Gasteiger partial charge in [-0.15, -0.1) is 0 Å². The van der Waals surface area contributed by atoms with E-state index in [-0.39, 0.29) is 24.5 Å². The first-order chi connectivity index (χ1) is 7.02. The minimum absolute atomic E-state index is 0.0468. The summed E-state index contributed by atoms with van der Waals surface area (Å²) in [6.45, 7) is 1.92. The Kier molecular flexibility index (Phi) is 3.82. The molecule has 0 radical (unpaired) electrons. The Bertz CT molecular complexity index is 287. The molecule has 5 heteroatoms. The second kappa shape index (κ2) is 4.91. The van der Waals surface area contributed by atoms with E-state index >= 15 is 0 Å². The number of nitrogens with zero attached hydrogens (tertiary/aromatic N) is 1. The first-order valence-corrected chi connectivity index (χ1v) is 5.04. The van der Waals surface area contributed by atoms with Gasteiger partial charge in [-0.2, -0.15) is 0 Å². The molecule has 0 aromatic carbocycles. The molecule has 0 aliphatic carbocycles. The highest BCUT2D eigenvalue weighted by atomic mass is 16.4. The van der Waals surface area contributed by atoms with Crippen LogP contribution < -0.4 is 0 Å². The standard InChI is InChI=1S/C10H15NO4/c1-7(12)4-5-9(13)11-6-2-3-8(11)10(14)15/h8H,2-6H2,1H3,(H,14,15)/t8-/m0/s1. The molecular weight excluding hydrogens is 198 g/mol. The molecule has 1 heterocycles. The van der Waals surface area contributed by atoms with Crippen molar-refractivity contribution in [3.63, 3.8) is 0 Å². The topological polar surface area (TPSA) is 74.7 Å². The van der Waals surface area contributed by atoms with E-state index in [4.69, 9.17) is 5.11 Å². The number of Topliss-reactive ketones (excluding diaryl/α,β-unsaturated/α-hetero) is 1. The molecule has 15 heavy (non-hydrogen) atoms. The second-order valence-electron chi connectivity index (χ2n) is 3.79. The van der Waals surface area contributed by atoms with Crippen molar-refractivity contribution in [1.29, 1.82) is 0 Å². The number of carbonyl (C=O) groups excluding carboxylic acids is 2. The minimum Gasteiger partial charge on any atom is -0.480 e. The molecule has 84 valence electrons. The zero-order valence-electron chi connectivity index (χ0n) is 8.73. The molecule has 0 aromatic rings. The molecule has 1 fully saturated rings. The number of hydrogen-bond donors (Lipinski definition) is 1. The van der Waals surface area contributed by atoms with Crippen LogP contribution in [0.2, 0.25) is 0 Å². The molecule has 0 unspecified atom stereocenters. The van der Waals surface area contributed by atoms with Crippen LogP contribution in [0.4, 0.5) is 0 Å². The predicted octanol–water partition coefficient (Wildman–Crippen LogP) is 0.431. The average Bonchev–Trinajstić information content (AvgIpc) is 2.62. The van der Waals surface area contributed by atoms with Crippen molar-refractivity contribution < 1.29 is 19.5 Å². The number of amides is 1. The maximum absolute atomic E-state index is 11.6. The fourth-order valence-corrected chi connectivity index (χ4v) is 1.75. The van der Waals surface area contributed by atoms with Gasteiger partial charge in [0.05, 0.1) is 0 Å². The highest BCUT2D eigenvalue weighted by Crippen LogP contribution is 2.18. The van der Waals surface area contributed by atoms with Crippen molar-refractivity contribution >= 4 is 17.7 Å². The largest absolute Gasteiger partial charge is 0.480 e. The van der Waals surface area contributed by atoms with Gasteiger partial charge in [-0.1, -0.05) is 0 Å². The van der Waals surface area contributed by atoms with E-state index in [0.29, 0.717) is 13.0 Å². The Hall–Kier alpha value is -1.39. The highest BCUT2D eigenvalue weighted by Gasteiger charge is 2.33. The van der Waals surface area contributed by atoms with Gasteiger partial charge in [0.2, 0.25) is 5.91 Å². The molecule has 0 spiro atoms. The summed E-state index contributed by atoms with van der Waals surface area (Å²) < 4.78 is 0. The van der Waals surface area contributed by atoms with Crippen LogP contribution in [0.1, 0.15) is 32.6 Å². The van der Waals surface area contributed by atoms with Crippen LogP contribution in [0, 0.1) is 0 Å². The Balaban J connectivity index is 2.51. The Morgan fingerprint density at radius 1 is 1.33 bits per heavy atom. The molecular formula is C10H15NO4. The number of aliphatic carboxylic acids is 1. The lowest BCUT2D eigenvalue weighted by Crippen LogP contribution is -2.40. The van der Waals surface area contributed by atoms with Gasteiger partial charge in [-0.25, -0.2) is 4.79 Å². The van der Waals surface area contributed by atoms with Gasteiger partial charge in [0, 0.05) is 19.4 Å². The van der Waals surface area contributed by atoms with Gasteiger partial charge in [-0.3, -0.25) is 4.79 Å². The molecule has 1 aliphatic heterocycles. The maximum atomic E-state index is 11.6. The van der Waals surface area contributed by atoms with Gasteiger partial charge in [0.15, 0.2) is 0 Å². The maximum Gasteiger partial charge on any atom is 0.326 e. The summed E-state index contributed by atoms with van der Waals surface area (Å²) >= 11 is 0. The van der Waals surface area contributed by atoms with Crippen molar-refractivity contribution in [3.8, 4) is 0 Å². The number of likely N-dealkylation sites (tertiary alicyclic amines) is 1. The number of ketones is 1. The zero-order chi connectivity index (χ0) is 11.4. The molecule has 1 aliphatic rings. The SMILES string of the molecule is CC(=O)CCC(=O)N1CCC[C@H]1C(=O)O. The number of rotatable bonds is 4. The molecule has 1 N–H and O–H groups in total. The third-order valence-corrected chi connectivity index (χ3v) is 2.55. The number of carboxylic acids is 1. The van der Waals surface area contributed by atoms with Crippen LogP contribution in [-0.4, -0.2) is 40.3 Å². The third-order valence-electron chi connectivity index (χ3n) is 2.55. The van der Waals surface area contributed by atoms with E-state index in [1.54, 1.807) is 0 Å². The summed E-state index contributed by atoms with van der Waals surface area (Å²) in [6.07, 6.45) is 1.56. The van der Waals surface area contributed by atoms with Crippen LogP contribution in [0.15, 0.2) is 0 Å². The minimum atomic E-state index is -0.955. The van der Waals surface area contributed by atoms with Crippen molar-refractivity contribution in [2.45, 2.75) is 38.6 Å². The average molecular weight is 213 g/mol. The summed E-state index contributed by atoms with van der Waals surface area (Å²) in [5.74, 6) is -1.23. The number of carbonyl (C=O) groups is 3. The molecule has 1 saturated heterocycles. The van der Waals surface area contributed by atoms with E-state index < -0.39 is 12.0 Å². The van der Waals surface area contributed by atoms with Crippen molar-refractivity contribution in [2.75, 3.05) is 6.54 Å². The van der Waals surface area contributed by atoms with Gasteiger partial charge in [0.1, 0.15) is 11.8 Å². The summed E-state index contributed by atoms with van der Waals surface area (Å²) in [7, 11) is 0. The van der Waals surface area contributed by atoms with Crippen LogP contribution in [-0.2, 0) is 14.4 Å². The van der Waals surface area contributed by atoms with Crippen LogP contribution in [0.25, 0.3) is 0 Å². The zero-order valence-corrected chi connectivity index (χ0v) is 8.73. The first-order valence-electron chi connectivity index (χ1n) is 5.04. The molecule has 1 atom stereocenters. The molecule has 0 saturated carbocycles. The quantitative estimate of drug-likeness (QED) is 0.734. The Morgan fingerprint density at radius 2 is 2.00 bits per heavy atom. The fraction of sp³-hybridized carbons (Fsp3) is 0.700. The third kappa shape index (κ3) is 3.04. The Morgan fingerprint density at radius 3 is 2.53 bits per heavy atom. The van der Waals surface area contributed by atoms with Gasteiger partial charge >= 0.3 is 5.97 Å². The predicted molar refractivity (Wildman–Crippen MR) is 52.3 cm³/mol. The van der Waals surface area contributed by atoms with E-state index in [9.17, 15) is 14.4 Å². The van der Waals surface area contributed by atoms with Crippen LogP contribution >= 0.6 is 0 Å². The summed E-state index contributed by atoms with van der Waals surface area (Å²) in [5, 5.41) is 8.85. The summed E-state index contributed by atoms with van der Waals surface area (Å²) in [5.41, 5.74) is 0. The van der Waals surface area contributed by atoms with E-state index in [2.05, 4.69) is 0 Å². The normalized spacial score (nSPS) is 20.3. The highest BCUT2D eigenvalue weighted by molar-refractivity contribution is 5.87. The van der Waals surface area contributed by atoms with E-state index in [0.717, 1.165) is 6.42 Å². The fourth-order valence-electron chi connectivity index (χ4n) is 1.75. The molecule has 5 nitrogen and oxygen atoms in total. The molecule has 0 bridgehead atoms. The lowest BCUT2D eigenvalue weighted by atomic mass is 10.2. The van der Waals surface area contributed by atoms with Gasteiger partial charge in [-0.05, 0) is 19.8 Å².